The lowest BCUT2D eigenvalue weighted by Crippen LogP contribution is -2.47. The Hall–Kier alpha value is -1.21. The number of rotatable bonds is 4. The summed E-state index contributed by atoms with van der Waals surface area (Å²) in [5.74, 6) is -0.477. The SMILES string of the molecule is COC(=O)CC1CN(C(=O)CC(N)=S)CCO1. The van der Waals surface area contributed by atoms with Gasteiger partial charge < -0.3 is 20.1 Å². The minimum absolute atomic E-state index is 0.0558. The summed E-state index contributed by atoms with van der Waals surface area (Å²) in [4.78, 5) is 24.6. The fourth-order valence-electron chi connectivity index (χ4n) is 1.60. The van der Waals surface area contributed by atoms with Crippen LogP contribution in [0, 0.1) is 0 Å². The van der Waals surface area contributed by atoms with Crippen LogP contribution in [-0.4, -0.2) is 54.7 Å². The minimum Gasteiger partial charge on any atom is -0.469 e. The van der Waals surface area contributed by atoms with E-state index in [-0.39, 0.29) is 35.8 Å². The summed E-state index contributed by atoms with van der Waals surface area (Å²) >= 11 is 4.68. The predicted molar refractivity (Wildman–Crippen MR) is 64.4 cm³/mol. The molecular weight excluding hydrogens is 244 g/mol. The van der Waals surface area contributed by atoms with Crippen molar-refractivity contribution >= 4 is 29.1 Å². The highest BCUT2D eigenvalue weighted by Crippen LogP contribution is 2.10. The molecule has 1 aliphatic heterocycles. The average molecular weight is 260 g/mol. The molecule has 1 atom stereocenters. The average Bonchev–Trinajstić information content (AvgIpc) is 2.28. The summed E-state index contributed by atoms with van der Waals surface area (Å²) < 4.78 is 9.93. The van der Waals surface area contributed by atoms with Gasteiger partial charge in [0.1, 0.15) is 0 Å². The number of carbonyl (C=O) groups excluding carboxylic acids is 2. The summed E-state index contributed by atoms with van der Waals surface area (Å²) in [7, 11) is 1.32. The number of thiocarbonyl (C=S) groups is 1. The van der Waals surface area contributed by atoms with Gasteiger partial charge in [-0.25, -0.2) is 0 Å². The van der Waals surface area contributed by atoms with Crippen molar-refractivity contribution in [2.24, 2.45) is 5.73 Å². The third-order valence-electron chi connectivity index (χ3n) is 2.44. The molecule has 2 N–H and O–H groups in total. The van der Waals surface area contributed by atoms with Gasteiger partial charge in [-0.05, 0) is 0 Å². The van der Waals surface area contributed by atoms with Crippen LogP contribution in [0.15, 0.2) is 0 Å². The Labute approximate surface area is 105 Å². The zero-order chi connectivity index (χ0) is 12.8. The summed E-state index contributed by atoms with van der Waals surface area (Å²) in [6, 6.07) is 0. The molecule has 1 aliphatic rings. The fraction of sp³-hybridized carbons (Fsp3) is 0.700. The first-order valence-electron chi connectivity index (χ1n) is 5.27. The molecule has 1 rings (SSSR count). The Morgan fingerprint density at radius 1 is 1.59 bits per heavy atom. The molecule has 6 nitrogen and oxygen atoms in total. The molecule has 1 unspecified atom stereocenters. The first-order valence-corrected chi connectivity index (χ1v) is 5.68. The van der Waals surface area contributed by atoms with E-state index in [1.807, 2.05) is 0 Å². The van der Waals surface area contributed by atoms with Crippen molar-refractivity contribution in [3.8, 4) is 0 Å². The van der Waals surface area contributed by atoms with Crippen molar-refractivity contribution in [1.29, 1.82) is 0 Å². The third-order valence-corrected chi connectivity index (χ3v) is 2.58. The highest BCUT2D eigenvalue weighted by Gasteiger charge is 2.26. The summed E-state index contributed by atoms with van der Waals surface area (Å²) in [5.41, 5.74) is 5.32. The highest BCUT2D eigenvalue weighted by atomic mass is 32.1. The monoisotopic (exact) mass is 260 g/mol. The highest BCUT2D eigenvalue weighted by molar-refractivity contribution is 7.80. The number of morpholine rings is 1. The zero-order valence-corrected chi connectivity index (χ0v) is 10.5. The first kappa shape index (κ1) is 13.9. The van der Waals surface area contributed by atoms with Crippen LogP contribution < -0.4 is 5.73 Å². The van der Waals surface area contributed by atoms with Crippen LogP contribution in [-0.2, 0) is 19.1 Å². The number of hydrogen-bond donors (Lipinski definition) is 1. The molecule has 0 aromatic rings. The molecule has 1 amide bonds. The molecule has 17 heavy (non-hydrogen) atoms. The molecule has 0 bridgehead atoms. The topological polar surface area (TPSA) is 81.9 Å². The third kappa shape index (κ3) is 4.66. The van der Waals surface area contributed by atoms with E-state index in [4.69, 9.17) is 10.5 Å². The molecular formula is C10H16N2O4S. The standard InChI is InChI=1S/C10H16N2O4S/c1-15-10(14)4-7-6-12(2-3-16-7)9(13)5-8(11)17/h7H,2-6H2,1H3,(H2,11,17). The lowest BCUT2D eigenvalue weighted by Gasteiger charge is -2.32. The fourth-order valence-corrected chi connectivity index (χ4v) is 1.72. The summed E-state index contributed by atoms with van der Waals surface area (Å²) in [6.07, 6.45) is -0.111. The largest absolute Gasteiger partial charge is 0.469 e. The van der Waals surface area contributed by atoms with Crippen molar-refractivity contribution in [1.82, 2.24) is 4.90 Å². The smallest absolute Gasteiger partial charge is 0.308 e. The van der Waals surface area contributed by atoms with E-state index in [0.29, 0.717) is 19.7 Å². The Kier molecular flexibility index (Phi) is 5.30. The van der Waals surface area contributed by atoms with Gasteiger partial charge in [-0.2, -0.15) is 0 Å². The van der Waals surface area contributed by atoms with Crippen molar-refractivity contribution in [2.75, 3.05) is 26.8 Å². The number of nitrogens with zero attached hydrogens (tertiary/aromatic N) is 1. The number of amides is 1. The van der Waals surface area contributed by atoms with Crippen molar-refractivity contribution < 1.29 is 19.1 Å². The second-order valence-corrected chi connectivity index (χ2v) is 4.28. The lowest BCUT2D eigenvalue weighted by atomic mass is 10.2. The van der Waals surface area contributed by atoms with Crippen LogP contribution in [0.2, 0.25) is 0 Å². The molecule has 0 radical (unpaired) electrons. The first-order chi connectivity index (χ1) is 8.02. The van der Waals surface area contributed by atoms with Gasteiger partial charge in [0.05, 0.1) is 37.7 Å². The summed E-state index contributed by atoms with van der Waals surface area (Å²) in [5, 5.41) is 0. The van der Waals surface area contributed by atoms with Gasteiger partial charge in [0, 0.05) is 13.1 Å². The van der Waals surface area contributed by atoms with Crippen LogP contribution >= 0.6 is 12.2 Å². The van der Waals surface area contributed by atoms with Gasteiger partial charge in [-0.15, -0.1) is 0 Å². The molecule has 1 saturated heterocycles. The van der Waals surface area contributed by atoms with E-state index in [1.165, 1.54) is 7.11 Å². The zero-order valence-electron chi connectivity index (χ0n) is 9.68. The van der Waals surface area contributed by atoms with Crippen LogP contribution in [0.1, 0.15) is 12.8 Å². The van der Waals surface area contributed by atoms with E-state index in [2.05, 4.69) is 17.0 Å². The molecule has 1 fully saturated rings. The van der Waals surface area contributed by atoms with Gasteiger partial charge in [0.15, 0.2) is 0 Å². The van der Waals surface area contributed by atoms with E-state index < -0.39 is 0 Å². The van der Waals surface area contributed by atoms with E-state index in [9.17, 15) is 9.59 Å². The van der Waals surface area contributed by atoms with Crippen LogP contribution in [0.3, 0.4) is 0 Å². The van der Waals surface area contributed by atoms with Gasteiger partial charge in [-0.1, -0.05) is 12.2 Å². The normalized spacial score (nSPS) is 19.8. The van der Waals surface area contributed by atoms with Crippen molar-refractivity contribution in [3.05, 3.63) is 0 Å². The van der Waals surface area contributed by atoms with Gasteiger partial charge >= 0.3 is 5.97 Å². The van der Waals surface area contributed by atoms with E-state index >= 15 is 0 Å². The van der Waals surface area contributed by atoms with Crippen molar-refractivity contribution in [3.63, 3.8) is 0 Å². The molecule has 0 saturated carbocycles. The minimum atomic E-state index is -0.348. The number of hydrogen-bond acceptors (Lipinski definition) is 5. The second kappa shape index (κ2) is 6.51. The molecule has 0 aliphatic carbocycles. The van der Waals surface area contributed by atoms with Gasteiger partial charge in [0.2, 0.25) is 5.91 Å². The van der Waals surface area contributed by atoms with Crippen molar-refractivity contribution in [2.45, 2.75) is 18.9 Å². The summed E-state index contributed by atoms with van der Waals surface area (Å²) in [6.45, 7) is 1.28. The van der Waals surface area contributed by atoms with Crippen LogP contribution in [0.4, 0.5) is 0 Å². The van der Waals surface area contributed by atoms with Gasteiger partial charge in [0.25, 0.3) is 0 Å². The number of methoxy groups -OCH3 is 1. The maximum absolute atomic E-state index is 11.7. The molecule has 0 spiro atoms. The molecule has 0 aromatic carbocycles. The number of carbonyl (C=O) groups is 2. The molecule has 96 valence electrons. The molecule has 7 heteroatoms. The number of ether oxygens (including phenoxy) is 2. The number of nitrogens with two attached hydrogens (primary N) is 1. The maximum Gasteiger partial charge on any atom is 0.308 e. The second-order valence-electron chi connectivity index (χ2n) is 3.76. The lowest BCUT2D eigenvalue weighted by molar-refractivity contribution is -0.149. The number of esters is 1. The quantitative estimate of drug-likeness (QED) is 0.539. The van der Waals surface area contributed by atoms with Crippen LogP contribution in [0.25, 0.3) is 0 Å². The Bertz CT molecular complexity index is 321. The molecule has 1 heterocycles. The molecule has 0 aromatic heterocycles. The Morgan fingerprint density at radius 3 is 2.88 bits per heavy atom. The Morgan fingerprint density at radius 2 is 2.29 bits per heavy atom. The maximum atomic E-state index is 11.7. The van der Waals surface area contributed by atoms with E-state index in [1.54, 1.807) is 4.90 Å². The van der Waals surface area contributed by atoms with E-state index in [0.717, 1.165) is 0 Å². The van der Waals surface area contributed by atoms with Crippen LogP contribution in [0.5, 0.6) is 0 Å². The predicted octanol–water partition coefficient (Wildman–Crippen LogP) is -0.547. The Balaban J connectivity index is 2.45. The van der Waals surface area contributed by atoms with Gasteiger partial charge in [-0.3, -0.25) is 9.59 Å².